The van der Waals surface area contributed by atoms with Crippen LogP contribution in [-0.2, 0) is 16.1 Å². The maximum atomic E-state index is 12.6. The van der Waals surface area contributed by atoms with E-state index in [2.05, 4.69) is 16.4 Å². The van der Waals surface area contributed by atoms with Crippen molar-refractivity contribution in [2.75, 3.05) is 19.6 Å². The average Bonchev–Trinajstić information content (AvgIpc) is 3.19. The summed E-state index contributed by atoms with van der Waals surface area (Å²) in [6, 6.07) is 8.00. The molecule has 0 bridgehead atoms. The summed E-state index contributed by atoms with van der Waals surface area (Å²) in [7, 11) is 0. The summed E-state index contributed by atoms with van der Waals surface area (Å²) in [5.74, 6) is -0.898. The number of imide groups is 1. The maximum absolute atomic E-state index is 12.6. The zero-order valence-corrected chi connectivity index (χ0v) is 15.3. The van der Waals surface area contributed by atoms with Gasteiger partial charge in [-0.25, -0.2) is 4.79 Å². The van der Waals surface area contributed by atoms with Gasteiger partial charge in [0.25, 0.3) is 11.9 Å². The van der Waals surface area contributed by atoms with Gasteiger partial charge >= 0.3 is 6.03 Å². The van der Waals surface area contributed by atoms with Crippen LogP contribution in [0.4, 0.5) is 4.79 Å². The molecule has 27 heavy (non-hydrogen) atoms. The molecule has 2 saturated heterocycles. The normalized spacial score (nSPS) is 18.0. The number of hydrogen-bond acceptors (Lipinski definition) is 4. The Bertz CT molecular complexity index is 837. The predicted molar refractivity (Wildman–Crippen MR) is 100 cm³/mol. The Morgan fingerprint density at radius 3 is 2.63 bits per heavy atom. The molecule has 0 radical (unpaired) electrons. The minimum absolute atomic E-state index is 0.0494. The van der Waals surface area contributed by atoms with E-state index in [1.165, 1.54) is 4.90 Å². The van der Waals surface area contributed by atoms with Crippen LogP contribution in [0.25, 0.3) is 10.9 Å². The zero-order valence-electron chi connectivity index (χ0n) is 15.3. The molecule has 0 spiro atoms. The van der Waals surface area contributed by atoms with Crippen molar-refractivity contribution < 1.29 is 19.5 Å². The Morgan fingerprint density at radius 2 is 1.93 bits per heavy atom. The van der Waals surface area contributed by atoms with Crippen molar-refractivity contribution in [2.45, 2.75) is 32.4 Å². The van der Waals surface area contributed by atoms with Crippen LogP contribution in [0.3, 0.4) is 0 Å². The van der Waals surface area contributed by atoms with E-state index in [4.69, 9.17) is 9.90 Å². The summed E-state index contributed by atoms with van der Waals surface area (Å²) in [4.78, 5) is 40.2. The maximum Gasteiger partial charge on any atom is 0.327 e. The summed E-state index contributed by atoms with van der Waals surface area (Å²) < 4.78 is 0. The highest BCUT2D eigenvalue weighted by Crippen LogP contribution is 2.22. The van der Waals surface area contributed by atoms with Gasteiger partial charge in [-0.2, -0.15) is 0 Å². The van der Waals surface area contributed by atoms with E-state index in [1.807, 2.05) is 24.4 Å². The van der Waals surface area contributed by atoms with Crippen LogP contribution in [0.2, 0.25) is 0 Å². The lowest BCUT2D eigenvalue weighted by molar-refractivity contribution is -0.134. The molecule has 2 aromatic rings. The Hall–Kier alpha value is -2.87. The summed E-state index contributed by atoms with van der Waals surface area (Å²) >= 11 is 0. The van der Waals surface area contributed by atoms with Crippen LogP contribution in [0.1, 0.15) is 25.3 Å². The quantitative estimate of drug-likeness (QED) is 0.712. The van der Waals surface area contributed by atoms with Gasteiger partial charge in [0.05, 0.1) is 0 Å². The number of urea groups is 1. The third-order valence-corrected chi connectivity index (χ3v) is 4.74. The Balaban J connectivity index is 0.000000481. The van der Waals surface area contributed by atoms with Crippen molar-refractivity contribution in [3.8, 4) is 0 Å². The highest BCUT2D eigenvalue weighted by Gasteiger charge is 2.40. The number of carbonyl (C=O) groups excluding carboxylic acids is 2. The first-order valence-electron chi connectivity index (χ1n) is 9.03. The van der Waals surface area contributed by atoms with Gasteiger partial charge in [0.1, 0.15) is 6.54 Å². The summed E-state index contributed by atoms with van der Waals surface area (Å²) in [5.41, 5.74) is 2.12. The molecule has 0 unspecified atom stereocenters. The highest BCUT2D eigenvalue weighted by molar-refractivity contribution is 6.02. The molecule has 1 aromatic carbocycles. The number of benzene rings is 1. The first-order chi connectivity index (χ1) is 13.0. The SMILES string of the molecule is CC(=O)O.O=C1CN(Cc2ccc3[nH]ccc3c2)C(=O)N1C1CCNCC1. The number of carbonyl (C=O) groups is 3. The zero-order chi connectivity index (χ0) is 19.4. The second-order valence-electron chi connectivity index (χ2n) is 6.80. The number of amides is 3. The number of fused-ring (bicyclic) bond motifs is 1. The van der Waals surface area contributed by atoms with Crippen molar-refractivity contribution in [1.29, 1.82) is 0 Å². The third kappa shape index (κ3) is 4.46. The van der Waals surface area contributed by atoms with Crippen LogP contribution in [0, 0.1) is 0 Å². The van der Waals surface area contributed by atoms with Crippen LogP contribution in [-0.4, -0.2) is 63.5 Å². The number of aliphatic carboxylic acids is 1. The van der Waals surface area contributed by atoms with Crippen LogP contribution in [0.5, 0.6) is 0 Å². The molecule has 8 heteroatoms. The number of piperidine rings is 1. The molecule has 1 aromatic heterocycles. The first kappa shape index (κ1) is 18.9. The number of carboxylic acid groups (broad SMARTS) is 1. The van der Waals surface area contributed by atoms with Gasteiger partial charge in [-0.3, -0.25) is 14.5 Å². The highest BCUT2D eigenvalue weighted by atomic mass is 16.4. The number of nitrogens with zero attached hydrogens (tertiary/aromatic N) is 2. The number of rotatable bonds is 3. The van der Waals surface area contributed by atoms with Crippen LogP contribution < -0.4 is 5.32 Å². The monoisotopic (exact) mass is 372 g/mol. The van der Waals surface area contributed by atoms with Crippen molar-refractivity contribution in [3.05, 3.63) is 36.0 Å². The fourth-order valence-corrected chi connectivity index (χ4v) is 3.54. The van der Waals surface area contributed by atoms with Gasteiger partial charge in [-0.15, -0.1) is 0 Å². The lowest BCUT2D eigenvalue weighted by Crippen LogP contribution is -2.46. The van der Waals surface area contributed by atoms with E-state index in [-0.39, 0.29) is 24.5 Å². The van der Waals surface area contributed by atoms with Gasteiger partial charge in [0.2, 0.25) is 0 Å². The molecule has 144 valence electrons. The standard InChI is InChI=1S/C17H20N4O2.C2H4O2/c22-16-11-20(17(23)21(16)14-4-6-18-7-5-14)10-12-1-2-15-13(9-12)3-8-19-15;1-2(3)4/h1-3,8-9,14,18-19H,4-7,10-11H2;1H3,(H,3,4). The molecule has 0 aliphatic carbocycles. The molecule has 2 aliphatic heterocycles. The number of carboxylic acids is 1. The van der Waals surface area contributed by atoms with Crippen molar-refractivity contribution in [3.63, 3.8) is 0 Å². The lowest BCUT2D eigenvalue weighted by Gasteiger charge is -2.29. The third-order valence-electron chi connectivity index (χ3n) is 4.74. The molecule has 2 aliphatic rings. The molecule has 3 N–H and O–H groups in total. The Labute approximate surface area is 157 Å². The molecule has 0 atom stereocenters. The van der Waals surface area contributed by atoms with Crippen LogP contribution in [0.15, 0.2) is 30.5 Å². The average molecular weight is 372 g/mol. The summed E-state index contributed by atoms with van der Waals surface area (Å²) in [5, 5.41) is 11.8. The van der Waals surface area contributed by atoms with E-state index in [1.54, 1.807) is 4.90 Å². The number of hydrogen-bond donors (Lipinski definition) is 3. The topological polar surface area (TPSA) is 106 Å². The van der Waals surface area contributed by atoms with Crippen molar-refractivity contribution >= 4 is 28.8 Å². The fourth-order valence-electron chi connectivity index (χ4n) is 3.54. The minimum Gasteiger partial charge on any atom is -0.481 e. The van der Waals surface area contributed by atoms with E-state index in [0.29, 0.717) is 6.54 Å². The van der Waals surface area contributed by atoms with Gasteiger partial charge in [-0.05, 0) is 55.1 Å². The predicted octanol–water partition coefficient (Wildman–Crippen LogP) is 1.77. The van der Waals surface area contributed by atoms with Gasteiger partial charge in [0.15, 0.2) is 0 Å². The summed E-state index contributed by atoms with van der Waals surface area (Å²) in [6.07, 6.45) is 3.60. The van der Waals surface area contributed by atoms with Gasteiger partial charge in [0, 0.05) is 31.2 Å². The molecule has 0 saturated carbocycles. The molecular formula is C19H24N4O4. The van der Waals surface area contributed by atoms with E-state index in [0.717, 1.165) is 49.3 Å². The number of aromatic amines is 1. The van der Waals surface area contributed by atoms with E-state index in [9.17, 15) is 9.59 Å². The van der Waals surface area contributed by atoms with E-state index >= 15 is 0 Å². The van der Waals surface area contributed by atoms with Crippen molar-refractivity contribution in [1.82, 2.24) is 20.1 Å². The van der Waals surface area contributed by atoms with Crippen molar-refractivity contribution in [2.24, 2.45) is 0 Å². The lowest BCUT2D eigenvalue weighted by atomic mass is 10.1. The fraction of sp³-hybridized carbons (Fsp3) is 0.421. The number of nitrogens with one attached hydrogen (secondary N) is 2. The molecule has 4 rings (SSSR count). The smallest absolute Gasteiger partial charge is 0.327 e. The van der Waals surface area contributed by atoms with Crippen LogP contribution >= 0.6 is 0 Å². The second kappa shape index (κ2) is 8.22. The molecule has 8 nitrogen and oxygen atoms in total. The number of H-pyrrole nitrogens is 1. The molecule has 3 heterocycles. The minimum atomic E-state index is -0.833. The summed E-state index contributed by atoms with van der Waals surface area (Å²) in [6.45, 7) is 3.48. The molecular weight excluding hydrogens is 348 g/mol. The number of aromatic nitrogens is 1. The largest absolute Gasteiger partial charge is 0.481 e. The molecule has 3 amide bonds. The Kier molecular flexibility index (Phi) is 5.75. The van der Waals surface area contributed by atoms with Gasteiger partial charge < -0.3 is 20.3 Å². The van der Waals surface area contributed by atoms with E-state index < -0.39 is 5.97 Å². The Morgan fingerprint density at radius 1 is 1.22 bits per heavy atom. The molecule has 2 fully saturated rings. The second-order valence-corrected chi connectivity index (χ2v) is 6.80. The van der Waals surface area contributed by atoms with Gasteiger partial charge in [-0.1, -0.05) is 6.07 Å². The first-order valence-corrected chi connectivity index (χ1v) is 9.03.